The monoisotopic (exact) mass is 347 g/mol. The Morgan fingerprint density at radius 1 is 1.23 bits per heavy atom. The summed E-state index contributed by atoms with van der Waals surface area (Å²) in [6.45, 7) is 0.716. The van der Waals surface area contributed by atoms with Gasteiger partial charge in [0.15, 0.2) is 0 Å². The van der Waals surface area contributed by atoms with Gasteiger partial charge in [-0.25, -0.2) is 9.59 Å². The molecule has 0 bridgehead atoms. The molecule has 0 unspecified atom stereocenters. The molecule has 6 nitrogen and oxygen atoms in total. The first kappa shape index (κ1) is 18.5. The number of halogens is 2. The number of rotatable bonds is 8. The lowest BCUT2D eigenvalue weighted by Gasteiger charge is -2.15. The maximum atomic E-state index is 11.7. The van der Waals surface area contributed by atoms with Gasteiger partial charge in [0.25, 0.3) is 0 Å². The van der Waals surface area contributed by atoms with E-state index in [9.17, 15) is 9.59 Å². The summed E-state index contributed by atoms with van der Waals surface area (Å²) < 4.78 is 0. The van der Waals surface area contributed by atoms with Crippen molar-refractivity contribution in [2.75, 3.05) is 6.54 Å². The van der Waals surface area contributed by atoms with Gasteiger partial charge in [0.2, 0.25) is 0 Å². The Kier molecular flexibility index (Phi) is 8.01. The molecule has 5 N–H and O–H groups in total. The molecule has 1 aromatic rings. The fraction of sp³-hybridized carbons (Fsp3) is 0.429. The van der Waals surface area contributed by atoms with Gasteiger partial charge in [-0.15, -0.1) is 0 Å². The third kappa shape index (κ3) is 6.51. The van der Waals surface area contributed by atoms with Crippen LogP contribution in [-0.4, -0.2) is 29.7 Å². The van der Waals surface area contributed by atoms with E-state index in [1.54, 1.807) is 18.2 Å². The zero-order chi connectivity index (χ0) is 16.5. The number of hydrogen-bond donors (Lipinski definition) is 4. The van der Waals surface area contributed by atoms with Crippen LogP contribution < -0.4 is 16.4 Å². The van der Waals surface area contributed by atoms with Gasteiger partial charge < -0.3 is 21.5 Å². The minimum Gasteiger partial charge on any atom is -0.480 e. The predicted molar refractivity (Wildman–Crippen MR) is 86.2 cm³/mol. The third-order valence-electron chi connectivity index (χ3n) is 2.99. The SMILES string of the molecule is NCCCC[C@@H](NC(=O)NCc1ccc(Cl)c(Cl)c1)C(=O)O. The molecule has 0 aliphatic carbocycles. The van der Waals surface area contributed by atoms with Crippen LogP contribution in [0.3, 0.4) is 0 Å². The molecule has 8 heteroatoms. The van der Waals surface area contributed by atoms with E-state index in [4.69, 9.17) is 34.0 Å². The topological polar surface area (TPSA) is 104 Å². The number of aliphatic carboxylic acids is 1. The molecular weight excluding hydrogens is 329 g/mol. The highest BCUT2D eigenvalue weighted by Gasteiger charge is 2.19. The lowest BCUT2D eigenvalue weighted by molar-refractivity contribution is -0.139. The van der Waals surface area contributed by atoms with Crippen LogP contribution in [-0.2, 0) is 11.3 Å². The fourth-order valence-electron chi connectivity index (χ4n) is 1.79. The van der Waals surface area contributed by atoms with Gasteiger partial charge in [0.1, 0.15) is 6.04 Å². The molecule has 2 amide bonds. The second-order valence-corrected chi connectivity index (χ2v) is 5.57. The Morgan fingerprint density at radius 2 is 1.95 bits per heavy atom. The minimum absolute atomic E-state index is 0.220. The van der Waals surface area contributed by atoms with Crippen LogP contribution in [0.2, 0.25) is 10.0 Å². The number of unbranched alkanes of at least 4 members (excludes halogenated alkanes) is 1. The molecule has 0 radical (unpaired) electrons. The number of amides is 2. The first-order valence-electron chi connectivity index (χ1n) is 6.85. The zero-order valence-electron chi connectivity index (χ0n) is 11.9. The van der Waals surface area contributed by atoms with Crippen molar-refractivity contribution in [1.82, 2.24) is 10.6 Å². The molecule has 0 fully saturated rings. The van der Waals surface area contributed by atoms with Gasteiger partial charge in [-0.1, -0.05) is 29.3 Å². The van der Waals surface area contributed by atoms with Gasteiger partial charge >= 0.3 is 12.0 Å². The van der Waals surface area contributed by atoms with Gasteiger partial charge in [-0.05, 0) is 43.5 Å². The van der Waals surface area contributed by atoms with Crippen LogP contribution >= 0.6 is 23.2 Å². The molecule has 22 heavy (non-hydrogen) atoms. The summed E-state index contributed by atoms with van der Waals surface area (Å²) in [5.74, 6) is -1.07. The fourth-order valence-corrected chi connectivity index (χ4v) is 2.11. The molecular formula is C14H19Cl2N3O3. The Bertz CT molecular complexity index is 526. The first-order chi connectivity index (χ1) is 10.4. The Balaban J connectivity index is 2.45. The second-order valence-electron chi connectivity index (χ2n) is 4.75. The average Bonchev–Trinajstić information content (AvgIpc) is 2.47. The largest absolute Gasteiger partial charge is 0.480 e. The smallest absolute Gasteiger partial charge is 0.326 e. The Hall–Kier alpha value is -1.50. The highest BCUT2D eigenvalue weighted by Crippen LogP contribution is 2.22. The number of urea groups is 1. The van der Waals surface area contributed by atoms with Crippen molar-refractivity contribution in [1.29, 1.82) is 0 Å². The van der Waals surface area contributed by atoms with Gasteiger partial charge in [-0.3, -0.25) is 0 Å². The molecule has 122 valence electrons. The highest BCUT2D eigenvalue weighted by atomic mass is 35.5. The van der Waals surface area contributed by atoms with Gasteiger partial charge in [-0.2, -0.15) is 0 Å². The molecule has 0 spiro atoms. The molecule has 1 atom stereocenters. The number of carboxylic acids is 1. The number of nitrogens with one attached hydrogen (secondary N) is 2. The minimum atomic E-state index is -1.07. The highest BCUT2D eigenvalue weighted by molar-refractivity contribution is 6.42. The summed E-state index contributed by atoms with van der Waals surface area (Å²) in [7, 11) is 0. The van der Waals surface area contributed by atoms with E-state index < -0.39 is 18.0 Å². The van der Waals surface area contributed by atoms with E-state index in [0.717, 1.165) is 12.0 Å². The lowest BCUT2D eigenvalue weighted by atomic mass is 10.1. The van der Waals surface area contributed by atoms with Crippen LogP contribution in [0.4, 0.5) is 4.79 Å². The van der Waals surface area contributed by atoms with E-state index >= 15 is 0 Å². The van der Waals surface area contributed by atoms with Crippen molar-refractivity contribution in [3.8, 4) is 0 Å². The Labute approximate surface area is 139 Å². The number of carboxylic acid groups (broad SMARTS) is 1. The van der Waals surface area contributed by atoms with Crippen LogP contribution in [0, 0.1) is 0 Å². The van der Waals surface area contributed by atoms with Crippen LogP contribution in [0.15, 0.2) is 18.2 Å². The number of carbonyl (C=O) groups excluding carboxylic acids is 1. The number of nitrogens with two attached hydrogens (primary N) is 1. The molecule has 0 aliphatic rings. The Morgan fingerprint density at radius 3 is 2.55 bits per heavy atom. The maximum Gasteiger partial charge on any atom is 0.326 e. The predicted octanol–water partition coefficient (Wildman–Crippen LogP) is 2.37. The molecule has 1 aromatic carbocycles. The second kappa shape index (κ2) is 9.50. The molecule has 0 aromatic heterocycles. The summed E-state index contributed by atoms with van der Waals surface area (Å²) in [4.78, 5) is 22.8. The summed E-state index contributed by atoms with van der Waals surface area (Å²) in [6.07, 6.45) is 1.70. The van der Waals surface area contributed by atoms with E-state index in [1.165, 1.54) is 0 Å². The average molecular weight is 348 g/mol. The van der Waals surface area contributed by atoms with Crippen molar-refractivity contribution in [3.63, 3.8) is 0 Å². The number of benzene rings is 1. The molecule has 0 heterocycles. The van der Waals surface area contributed by atoms with Crippen LogP contribution in [0.25, 0.3) is 0 Å². The summed E-state index contributed by atoms with van der Waals surface area (Å²) in [5, 5.41) is 14.9. The third-order valence-corrected chi connectivity index (χ3v) is 3.73. The molecule has 0 saturated heterocycles. The zero-order valence-corrected chi connectivity index (χ0v) is 13.5. The molecule has 0 aliphatic heterocycles. The quantitative estimate of drug-likeness (QED) is 0.541. The summed E-state index contributed by atoms with van der Waals surface area (Å²) >= 11 is 11.7. The van der Waals surface area contributed by atoms with E-state index in [0.29, 0.717) is 29.4 Å². The van der Waals surface area contributed by atoms with Crippen molar-refractivity contribution in [2.24, 2.45) is 5.73 Å². The van der Waals surface area contributed by atoms with Crippen LogP contribution in [0.5, 0.6) is 0 Å². The molecule has 0 saturated carbocycles. The van der Waals surface area contributed by atoms with E-state index in [1.807, 2.05) is 0 Å². The maximum absolute atomic E-state index is 11.7. The normalized spacial score (nSPS) is 11.8. The standard InChI is InChI=1S/C14H19Cl2N3O3/c15-10-5-4-9(7-11(10)16)8-18-14(22)19-12(13(20)21)3-1-2-6-17/h4-5,7,12H,1-3,6,8,17H2,(H,20,21)(H2,18,19,22)/t12-/m1/s1. The van der Waals surface area contributed by atoms with Crippen molar-refractivity contribution in [2.45, 2.75) is 31.8 Å². The van der Waals surface area contributed by atoms with Crippen molar-refractivity contribution < 1.29 is 14.7 Å². The molecule has 1 rings (SSSR count). The number of carbonyl (C=O) groups is 2. The van der Waals surface area contributed by atoms with Crippen molar-refractivity contribution in [3.05, 3.63) is 33.8 Å². The van der Waals surface area contributed by atoms with Gasteiger partial charge in [0.05, 0.1) is 10.0 Å². The van der Waals surface area contributed by atoms with Crippen LogP contribution in [0.1, 0.15) is 24.8 Å². The van der Waals surface area contributed by atoms with E-state index in [2.05, 4.69) is 10.6 Å². The lowest BCUT2D eigenvalue weighted by Crippen LogP contribution is -2.45. The van der Waals surface area contributed by atoms with Gasteiger partial charge in [0, 0.05) is 6.54 Å². The van der Waals surface area contributed by atoms with E-state index in [-0.39, 0.29) is 6.54 Å². The summed E-state index contributed by atoms with van der Waals surface area (Å²) in [6, 6.07) is 3.52. The summed E-state index contributed by atoms with van der Waals surface area (Å²) in [5.41, 5.74) is 6.12. The van der Waals surface area contributed by atoms with Crippen molar-refractivity contribution >= 4 is 35.2 Å². The first-order valence-corrected chi connectivity index (χ1v) is 7.60. The number of hydrogen-bond acceptors (Lipinski definition) is 3.